The van der Waals surface area contributed by atoms with Crippen molar-refractivity contribution in [3.05, 3.63) is 105 Å². The Labute approximate surface area is 188 Å². The van der Waals surface area contributed by atoms with Crippen LogP contribution >= 0.6 is 0 Å². The number of non-ortho nitro benzene ring substituents is 1. The first-order valence-electron chi connectivity index (χ1n) is 9.73. The van der Waals surface area contributed by atoms with Crippen LogP contribution in [0.1, 0.15) is 27.4 Å². The number of hydrogen-bond donors (Lipinski definition) is 1. The van der Waals surface area contributed by atoms with Gasteiger partial charge in [-0.3, -0.25) is 10.1 Å². The number of nitriles is 1. The number of esters is 1. The number of allylic oxidation sites excluding steroid dienone is 1. The molecule has 3 aromatic carbocycles. The van der Waals surface area contributed by atoms with E-state index in [4.69, 9.17) is 19.9 Å². The van der Waals surface area contributed by atoms with Crippen LogP contribution in [0.25, 0.3) is 0 Å². The predicted molar refractivity (Wildman–Crippen MR) is 117 cm³/mol. The van der Waals surface area contributed by atoms with E-state index in [-0.39, 0.29) is 28.5 Å². The fourth-order valence-corrected chi connectivity index (χ4v) is 3.55. The van der Waals surface area contributed by atoms with E-state index < -0.39 is 16.8 Å². The van der Waals surface area contributed by atoms with Gasteiger partial charge in [0.05, 0.1) is 23.5 Å². The first-order valence-corrected chi connectivity index (χ1v) is 9.73. The Bertz CT molecular complexity index is 1320. The summed E-state index contributed by atoms with van der Waals surface area (Å²) < 4.78 is 16.2. The van der Waals surface area contributed by atoms with E-state index in [1.807, 2.05) is 12.1 Å². The molecule has 1 unspecified atom stereocenters. The summed E-state index contributed by atoms with van der Waals surface area (Å²) in [6.07, 6.45) is 0. The molecule has 1 aliphatic heterocycles. The molecule has 0 amide bonds. The van der Waals surface area contributed by atoms with Crippen molar-refractivity contribution in [3.63, 3.8) is 0 Å². The van der Waals surface area contributed by atoms with Crippen LogP contribution in [0.4, 0.5) is 5.69 Å². The Kier molecular flexibility index (Phi) is 5.66. The van der Waals surface area contributed by atoms with Crippen molar-refractivity contribution in [1.29, 1.82) is 5.26 Å². The SMILES string of the molecule is COc1ccc(C2C(C#N)=C(N)Oc3cc(OC(=O)c4cccc([N+](=O)[O-])c4)ccc32)cc1. The first-order chi connectivity index (χ1) is 15.9. The lowest BCUT2D eigenvalue weighted by atomic mass is 9.83. The van der Waals surface area contributed by atoms with Crippen LogP contribution < -0.4 is 19.9 Å². The summed E-state index contributed by atoms with van der Waals surface area (Å²) in [5, 5.41) is 20.6. The molecule has 0 aromatic heterocycles. The van der Waals surface area contributed by atoms with Crippen molar-refractivity contribution in [2.24, 2.45) is 5.73 Å². The van der Waals surface area contributed by atoms with Crippen LogP contribution in [0.2, 0.25) is 0 Å². The number of rotatable bonds is 5. The third kappa shape index (κ3) is 4.18. The summed E-state index contributed by atoms with van der Waals surface area (Å²) in [6, 6.07) is 19.3. The van der Waals surface area contributed by atoms with E-state index in [2.05, 4.69) is 6.07 Å². The third-order valence-electron chi connectivity index (χ3n) is 5.14. The zero-order valence-corrected chi connectivity index (χ0v) is 17.3. The van der Waals surface area contributed by atoms with E-state index in [1.54, 1.807) is 31.4 Å². The molecule has 3 aromatic rings. The van der Waals surface area contributed by atoms with Gasteiger partial charge in [0.2, 0.25) is 5.88 Å². The third-order valence-corrected chi connectivity index (χ3v) is 5.14. The molecule has 0 saturated heterocycles. The zero-order valence-electron chi connectivity index (χ0n) is 17.3. The average molecular weight is 443 g/mol. The molecule has 0 fully saturated rings. The lowest BCUT2D eigenvalue weighted by molar-refractivity contribution is -0.384. The molecule has 0 spiro atoms. The summed E-state index contributed by atoms with van der Waals surface area (Å²) >= 11 is 0. The van der Waals surface area contributed by atoms with E-state index >= 15 is 0 Å². The number of hydrogen-bond acceptors (Lipinski definition) is 8. The number of ether oxygens (including phenoxy) is 3. The van der Waals surface area contributed by atoms with Crippen LogP contribution in [0, 0.1) is 21.4 Å². The predicted octanol–water partition coefficient (Wildman–Crippen LogP) is 4.04. The van der Waals surface area contributed by atoms with Crippen LogP contribution in [0.3, 0.4) is 0 Å². The van der Waals surface area contributed by atoms with Gasteiger partial charge in [-0.15, -0.1) is 0 Å². The van der Waals surface area contributed by atoms with Crippen molar-refractivity contribution in [3.8, 4) is 23.3 Å². The molecule has 0 radical (unpaired) electrons. The molecule has 0 aliphatic carbocycles. The number of benzene rings is 3. The Hall–Kier alpha value is -4.84. The van der Waals surface area contributed by atoms with Gasteiger partial charge in [0, 0.05) is 23.8 Å². The van der Waals surface area contributed by atoms with E-state index in [9.17, 15) is 20.2 Å². The van der Waals surface area contributed by atoms with Gasteiger partial charge in [-0.1, -0.05) is 24.3 Å². The maximum Gasteiger partial charge on any atom is 0.343 e. The molecule has 1 atom stereocenters. The highest BCUT2D eigenvalue weighted by atomic mass is 16.6. The second-order valence-corrected chi connectivity index (χ2v) is 7.09. The monoisotopic (exact) mass is 443 g/mol. The molecule has 9 heteroatoms. The highest BCUT2D eigenvalue weighted by Crippen LogP contribution is 2.43. The van der Waals surface area contributed by atoms with E-state index in [0.717, 1.165) is 11.6 Å². The molecular formula is C24H17N3O6. The Morgan fingerprint density at radius 2 is 1.85 bits per heavy atom. The van der Waals surface area contributed by atoms with Crippen molar-refractivity contribution in [2.75, 3.05) is 7.11 Å². The number of fused-ring (bicyclic) bond motifs is 1. The highest BCUT2D eigenvalue weighted by Gasteiger charge is 2.31. The van der Waals surface area contributed by atoms with Crippen LogP contribution in [-0.4, -0.2) is 18.0 Å². The number of nitrogens with zero attached hydrogens (tertiary/aromatic N) is 2. The van der Waals surface area contributed by atoms with E-state index in [0.29, 0.717) is 17.1 Å². The zero-order chi connectivity index (χ0) is 23.5. The van der Waals surface area contributed by atoms with Gasteiger partial charge in [0.1, 0.15) is 28.9 Å². The minimum absolute atomic E-state index is 0.0325. The lowest BCUT2D eigenvalue weighted by Gasteiger charge is -2.26. The summed E-state index contributed by atoms with van der Waals surface area (Å²) in [6.45, 7) is 0. The van der Waals surface area contributed by atoms with Gasteiger partial charge in [-0.2, -0.15) is 5.26 Å². The maximum atomic E-state index is 12.5. The van der Waals surface area contributed by atoms with Crippen LogP contribution in [0.15, 0.2) is 78.2 Å². The number of nitro groups is 1. The summed E-state index contributed by atoms with van der Waals surface area (Å²) in [5.74, 6) is -0.130. The quantitative estimate of drug-likeness (QED) is 0.270. The van der Waals surface area contributed by atoms with E-state index in [1.165, 1.54) is 24.3 Å². The van der Waals surface area contributed by atoms with Crippen molar-refractivity contribution in [1.82, 2.24) is 0 Å². The normalized spacial score (nSPS) is 14.5. The Morgan fingerprint density at radius 3 is 2.52 bits per heavy atom. The molecule has 4 rings (SSSR count). The van der Waals surface area contributed by atoms with Gasteiger partial charge in [-0.25, -0.2) is 4.79 Å². The molecule has 1 heterocycles. The summed E-state index contributed by atoms with van der Waals surface area (Å²) in [7, 11) is 1.56. The minimum Gasteiger partial charge on any atom is -0.497 e. The number of carbonyl (C=O) groups excluding carboxylic acids is 1. The molecule has 0 saturated carbocycles. The molecule has 0 bridgehead atoms. The standard InChI is InChI=1S/C24H17N3O6/c1-31-17-7-5-14(6-8-17)22-19-10-9-18(12-21(19)33-23(26)20(22)13-25)32-24(28)15-3-2-4-16(11-15)27(29)30/h2-12,22H,26H2,1H3. The second kappa shape index (κ2) is 8.72. The van der Waals surface area contributed by atoms with Gasteiger partial charge in [-0.05, 0) is 29.8 Å². The number of methoxy groups -OCH3 is 1. The highest BCUT2D eigenvalue weighted by molar-refractivity contribution is 5.91. The first kappa shape index (κ1) is 21.4. The summed E-state index contributed by atoms with van der Waals surface area (Å²) in [5.41, 5.74) is 7.56. The van der Waals surface area contributed by atoms with Gasteiger partial charge < -0.3 is 19.9 Å². The Balaban J connectivity index is 1.66. The topological polar surface area (TPSA) is 138 Å². The number of carbonyl (C=O) groups is 1. The molecule has 164 valence electrons. The fraction of sp³-hybridized carbons (Fsp3) is 0.0833. The molecule has 2 N–H and O–H groups in total. The van der Waals surface area contributed by atoms with Gasteiger partial charge >= 0.3 is 5.97 Å². The smallest absolute Gasteiger partial charge is 0.343 e. The molecule has 33 heavy (non-hydrogen) atoms. The lowest BCUT2D eigenvalue weighted by Crippen LogP contribution is -2.21. The van der Waals surface area contributed by atoms with Crippen molar-refractivity contribution in [2.45, 2.75) is 5.92 Å². The van der Waals surface area contributed by atoms with Gasteiger partial charge in [0.15, 0.2) is 0 Å². The van der Waals surface area contributed by atoms with Crippen LogP contribution in [0.5, 0.6) is 17.2 Å². The second-order valence-electron chi connectivity index (χ2n) is 7.09. The maximum absolute atomic E-state index is 12.5. The largest absolute Gasteiger partial charge is 0.497 e. The number of nitrogens with two attached hydrogens (primary N) is 1. The Morgan fingerprint density at radius 1 is 1.12 bits per heavy atom. The van der Waals surface area contributed by atoms with Crippen molar-refractivity contribution >= 4 is 11.7 Å². The average Bonchev–Trinajstić information content (AvgIpc) is 2.83. The summed E-state index contributed by atoms with van der Waals surface area (Å²) in [4.78, 5) is 22.8. The van der Waals surface area contributed by atoms with Crippen LogP contribution in [-0.2, 0) is 0 Å². The minimum atomic E-state index is -0.762. The molecule has 1 aliphatic rings. The molecular weight excluding hydrogens is 426 g/mol. The van der Waals surface area contributed by atoms with Crippen molar-refractivity contribution < 1.29 is 23.9 Å². The number of nitro benzene ring substituents is 1. The molecule has 9 nitrogen and oxygen atoms in total. The fourth-order valence-electron chi connectivity index (χ4n) is 3.55. The van der Waals surface area contributed by atoms with Gasteiger partial charge in [0.25, 0.3) is 5.69 Å².